The van der Waals surface area contributed by atoms with E-state index in [1.54, 1.807) is 11.9 Å². The second-order valence-electron chi connectivity index (χ2n) is 10.7. The highest BCUT2D eigenvalue weighted by Gasteiger charge is 2.40. The topological polar surface area (TPSA) is 107 Å². The van der Waals surface area contributed by atoms with Crippen LogP contribution in [0.15, 0.2) is 34.7 Å². The van der Waals surface area contributed by atoms with Crippen molar-refractivity contribution < 1.29 is 27.4 Å². The van der Waals surface area contributed by atoms with E-state index in [4.69, 9.17) is 14.2 Å². The molecule has 1 aromatic heterocycles. The van der Waals surface area contributed by atoms with E-state index >= 15 is 0 Å². The summed E-state index contributed by atoms with van der Waals surface area (Å²) in [4.78, 5) is 9.07. The quantitative estimate of drug-likeness (QED) is 0.209. The number of fused-ring (bicyclic) bond motifs is 1. The number of hydrogen-bond donors (Lipinski definition) is 5. The van der Waals surface area contributed by atoms with E-state index in [2.05, 4.69) is 44.2 Å². The van der Waals surface area contributed by atoms with Gasteiger partial charge in [0, 0.05) is 37.9 Å². The van der Waals surface area contributed by atoms with Crippen molar-refractivity contribution >= 4 is 11.7 Å². The fraction of sp³-hybridized carbons (Fsp3) is 0.690. The molecule has 236 valence electrons. The third-order valence-electron chi connectivity index (χ3n) is 7.61. The van der Waals surface area contributed by atoms with E-state index in [0.29, 0.717) is 38.2 Å². The fourth-order valence-electron chi connectivity index (χ4n) is 5.40. The second kappa shape index (κ2) is 15.2. The van der Waals surface area contributed by atoms with Gasteiger partial charge in [-0.05, 0) is 39.8 Å². The van der Waals surface area contributed by atoms with Gasteiger partial charge in [-0.25, -0.2) is 4.99 Å². The molecule has 1 aromatic rings. The predicted octanol–water partition coefficient (Wildman–Crippen LogP) is 3.10. The van der Waals surface area contributed by atoms with Gasteiger partial charge in [0.15, 0.2) is 6.29 Å². The van der Waals surface area contributed by atoms with Gasteiger partial charge in [-0.2, -0.15) is 13.2 Å². The number of anilines is 1. The molecular formula is C29H46F3N7O3. The minimum atomic E-state index is -4.48. The molecule has 0 aromatic carbocycles. The monoisotopic (exact) mass is 597 g/mol. The van der Waals surface area contributed by atoms with Crippen molar-refractivity contribution in [1.82, 2.24) is 26.3 Å². The SMILES string of the molecule is CCNC1=NC(NC/C=C\C(=C2\OCCOC2C)C(CCCCNC2COC2)NCC)N(C)c2[nH]cc(C(F)(F)F)c21. The molecule has 4 heterocycles. The molecule has 0 bridgehead atoms. The summed E-state index contributed by atoms with van der Waals surface area (Å²) in [7, 11) is 1.72. The number of rotatable bonds is 14. The molecule has 13 heteroatoms. The van der Waals surface area contributed by atoms with Crippen LogP contribution in [0.25, 0.3) is 0 Å². The van der Waals surface area contributed by atoms with Gasteiger partial charge in [0.25, 0.3) is 0 Å². The summed E-state index contributed by atoms with van der Waals surface area (Å²) in [5.41, 5.74) is 0.367. The molecule has 0 spiro atoms. The van der Waals surface area contributed by atoms with Crippen molar-refractivity contribution in [1.29, 1.82) is 0 Å². The zero-order chi connectivity index (χ0) is 30.1. The standard InChI is InChI=1S/C29H46F3N7O3/c1-5-33-23(11-7-8-12-35-20-17-40-18-20)21(25-19(3)41-14-15-42-25)10-9-13-36-28-38-26(34-6-2)24-22(29(30,31)32)16-37-27(24)39(28)4/h9-10,16,19-20,23,28,33,35-37H,5-8,11-15,17-18H2,1-4H3,(H,34,38)/b10-9-,25-21-. The first-order chi connectivity index (χ1) is 20.2. The first-order valence-corrected chi connectivity index (χ1v) is 15.0. The van der Waals surface area contributed by atoms with Crippen LogP contribution in [-0.4, -0.2) is 95.0 Å². The highest BCUT2D eigenvalue weighted by atomic mass is 19.4. The Bertz CT molecular complexity index is 1100. The molecule has 0 aliphatic carbocycles. The number of aliphatic imine (C=N–C) groups is 1. The lowest BCUT2D eigenvalue weighted by atomic mass is 9.97. The Morgan fingerprint density at radius 3 is 2.67 bits per heavy atom. The van der Waals surface area contributed by atoms with Crippen LogP contribution >= 0.6 is 0 Å². The van der Waals surface area contributed by atoms with E-state index in [-0.39, 0.29) is 23.5 Å². The van der Waals surface area contributed by atoms with Gasteiger partial charge < -0.3 is 40.0 Å². The van der Waals surface area contributed by atoms with Gasteiger partial charge in [-0.1, -0.05) is 25.5 Å². The number of ether oxygens (including phenoxy) is 3. The summed E-state index contributed by atoms with van der Waals surface area (Å²) in [5.74, 6) is 1.42. The Balaban J connectivity index is 1.45. The van der Waals surface area contributed by atoms with Crippen molar-refractivity contribution in [3.8, 4) is 0 Å². The lowest BCUT2D eigenvalue weighted by Crippen LogP contribution is -2.48. The first-order valence-electron chi connectivity index (χ1n) is 15.0. The molecular weight excluding hydrogens is 551 g/mol. The summed E-state index contributed by atoms with van der Waals surface area (Å²) in [5, 5.41) is 13.5. The second-order valence-corrected chi connectivity index (χ2v) is 10.7. The lowest BCUT2D eigenvalue weighted by molar-refractivity contribution is -0.137. The van der Waals surface area contributed by atoms with Gasteiger partial charge in [0.05, 0.1) is 37.0 Å². The largest absolute Gasteiger partial charge is 0.492 e. The van der Waals surface area contributed by atoms with Crippen LogP contribution in [-0.2, 0) is 20.4 Å². The fourth-order valence-corrected chi connectivity index (χ4v) is 5.40. The minimum Gasteiger partial charge on any atom is -0.492 e. The predicted molar refractivity (Wildman–Crippen MR) is 158 cm³/mol. The van der Waals surface area contributed by atoms with E-state index in [1.165, 1.54) is 0 Å². The van der Waals surface area contributed by atoms with Gasteiger partial charge >= 0.3 is 6.18 Å². The molecule has 3 aliphatic rings. The smallest absolute Gasteiger partial charge is 0.418 e. The molecule has 2 saturated heterocycles. The minimum absolute atomic E-state index is 0.0422. The number of aromatic nitrogens is 1. The molecule has 3 aliphatic heterocycles. The number of hydrogen-bond acceptors (Lipinski definition) is 9. The Hall–Kier alpha value is -2.58. The Kier molecular flexibility index (Phi) is 11.7. The van der Waals surface area contributed by atoms with E-state index < -0.39 is 18.0 Å². The maximum Gasteiger partial charge on any atom is 0.418 e. The van der Waals surface area contributed by atoms with Crippen molar-refractivity contribution in [2.45, 2.75) is 70.7 Å². The Labute approximate surface area is 246 Å². The number of alkyl halides is 3. The zero-order valence-electron chi connectivity index (χ0n) is 25.1. The average molecular weight is 598 g/mol. The normalized spacial score (nSPS) is 23.3. The van der Waals surface area contributed by atoms with Crippen molar-refractivity contribution in [2.24, 2.45) is 4.99 Å². The highest BCUT2D eigenvalue weighted by Crippen LogP contribution is 2.38. The Morgan fingerprint density at radius 1 is 1.19 bits per heavy atom. The van der Waals surface area contributed by atoms with E-state index in [0.717, 1.165) is 63.1 Å². The van der Waals surface area contributed by atoms with Crippen molar-refractivity contribution in [3.05, 3.63) is 40.8 Å². The molecule has 0 saturated carbocycles. The van der Waals surface area contributed by atoms with Crippen LogP contribution < -0.4 is 26.2 Å². The number of aromatic amines is 1. The van der Waals surface area contributed by atoms with Gasteiger partial charge in [0.1, 0.15) is 30.1 Å². The van der Waals surface area contributed by atoms with Gasteiger partial charge in [-0.15, -0.1) is 0 Å². The van der Waals surface area contributed by atoms with Crippen LogP contribution in [0.5, 0.6) is 0 Å². The van der Waals surface area contributed by atoms with Crippen LogP contribution in [0, 0.1) is 0 Å². The summed E-state index contributed by atoms with van der Waals surface area (Å²) in [6.45, 7) is 11.3. The summed E-state index contributed by atoms with van der Waals surface area (Å²) in [6, 6.07) is 0.573. The number of likely N-dealkylation sites (N-methyl/N-ethyl adjacent to an activating group) is 1. The molecule has 0 radical (unpaired) electrons. The first kappa shape index (κ1) is 32.3. The molecule has 2 fully saturated rings. The highest BCUT2D eigenvalue weighted by molar-refractivity contribution is 6.06. The van der Waals surface area contributed by atoms with E-state index in [1.807, 2.05) is 19.9 Å². The van der Waals surface area contributed by atoms with Crippen molar-refractivity contribution in [2.75, 3.05) is 64.6 Å². The molecule has 3 unspecified atom stereocenters. The summed E-state index contributed by atoms with van der Waals surface area (Å²) >= 11 is 0. The van der Waals surface area contributed by atoms with Crippen LogP contribution in [0.4, 0.5) is 19.0 Å². The van der Waals surface area contributed by atoms with Crippen LogP contribution in [0.1, 0.15) is 51.2 Å². The number of halogens is 3. The van der Waals surface area contributed by atoms with Crippen LogP contribution in [0.3, 0.4) is 0 Å². The third-order valence-corrected chi connectivity index (χ3v) is 7.61. The van der Waals surface area contributed by atoms with Gasteiger partial charge in [0.2, 0.25) is 0 Å². The molecule has 5 N–H and O–H groups in total. The summed E-state index contributed by atoms with van der Waals surface area (Å²) in [6.07, 6.45) is 2.95. The maximum absolute atomic E-state index is 13.7. The zero-order valence-corrected chi connectivity index (χ0v) is 25.1. The van der Waals surface area contributed by atoms with Crippen LogP contribution in [0.2, 0.25) is 0 Å². The van der Waals surface area contributed by atoms with E-state index in [9.17, 15) is 13.2 Å². The molecule has 42 heavy (non-hydrogen) atoms. The number of unbranched alkanes of at least 4 members (excludes halogenated alkanes) is 1. The Morgan fingerprint density at radius 2 is 2.00 bits per heavy atom. The number of amidine groups is 1. The molecule has 10 nitrogen and oxygen atoms in total. The molecule has 0 amide bonds. The van der Waals surface area contributed by atoms with Gasteiger partial charge in [-0.3, -0.25) is 5.32 Å². The molecule has 4 rings (SSSR count). The average Bonchev–Trinajstić information content (AvgIpc) is 3.39. The number of H-pyrrole nitrogens is 1. The lowest BCUT2D eigenvalue weighted by Gasteiger charge is -2.32. The third kappa shape index (κ3) is 8.07. The van der Waals surface area contributed by atoms with Crippen molar-refractivity contribution in [3.63, 3.8) is 0 Å². The number of nitrogens with zero attached hydrogens (tertiary/aromatic N) is 2. The number of nitrogens with one attached hydrogen (secondary N) is 5. The molecule has 3 atom stereocenters. The maximum atomic E-state index is 13.7. The summed E-state index contributed by atoms with van der Waals surface area (Å²) < 4.78 is 58.2.